The molecule has 2 rings (SSSR count). The van der Waals surface area contributed by atoms with Crippen LogP contribution in [0.4, 0.5) is 4.79 Å². The third-order valence-corrected chi connectivity index (χ3v) is 4.53. The molecule has 0 aromatic rings. The van der Waals surface area contributed by atoms with Crippen molar-refractivity contribution in [3.05, 3.63) is 0 Å². The van der Waals surface area contributed by atoms with Crippen molar-refractivity contribution in [2.24, 2.45) is 0 Å². The molecule has 1 aliphatic heterocycles. The fourth-order valence-electron chi connectivity index (χ4n) is 2.70. The molecule has 1 heterocycles. The molecule has 1 amide bonds. The molecule has 0 atom stereocenters. The SMILES string of the molecule is O=C(O)NC1CCC(N2CCSCC2)CC1. The fraction of sp³-hybridized carbons (Fsp3) is 0.909. The standard InChI is InChI=1S/C11H20N2O2S/c14-11(15)12-9-1-3-10(4-2-9)13-5-7-16-8-6-13/h9-10,12H,1-8H2,(H,14,15). The summed E-state index contributed by atoms with van der Waals surface area (Å²) in [4.78, 5) is 13.1. The smallest absolute Gasteiger partial charge is 0.404 e. The Balaban J connectivity index is 1.73. The van der Waals surface area contributed by atoms with Crippen molar-refractivity contribution in [2.75, 3.05) is 24.6 Å². The molecule has 5 heteroatoms. The number of carboxylic acid groups (broad SMARTS) is 1. The first kappa shape index (κ1) is 12.0. The van der Waals surface area contributed by atoms with Crippen LogP contribution in [0.15, 0.2) is 0 Å². The van der Waals surface area contributed by atoms with Crippen molar-refractivity contribution in [3.63, 3.8) is 0 Å². The minimum absolute atomic E-state index is 0.188. The third-order valence-electron chi connectivity index (χ3n) is 3.59. The van der Waals surface area contributed by atoms with E-state index >= 15 is 0 Å². The van der Waals surface area contributed by atoms with E-state index in [9.17, 15) is 4.79 Å². The normalized spacial score (nSPS) is 32.2. The molecule has 0 aromatic heterocycles. The van der Waals surface area contributed by atoms with Gasteiger partial charge < -0.3 is 10.4 Å². The molecule has 4 nitrogen and oxygen atoms in total. The summed E-state index contributed by atoms with van der Waals surface area (Å²) in [6, 6.07) is 0.890. The van der Waals surface area contributed by atoms with E-state index in [2.05, 4.69) is 10.2 Å². The summed E-state index contributed by atoms with van der Waals surface area (Å²) < 4.78 is 0. The van der Waals surface area contributed by atoms with Gasteiger partial charge in [0.25, 0.3) is 0 Å². The lowest BCUT2D eigenvalue weighted by Gasteiger charge is -2.38. The minimum Gasteiger partial charge on any atom is -0.465 e. The average molecular weight is 244 g/mol. The highest BCUT2D eigenvalue weighted by molar-refractivity contribution is 7.99. The maximum atomic E-state index is 10.5. The Morgan fingerprint density at radius 2 is 1.81 bits per heavy atom. The number of nitrogens with zero attached hydrogens (tertiary/aromatic N) is 1. The lowest BCUT2D eigenvalue weighted by Crippen LogP contribution is -2.46. The number of rotatable bonds is 2. The lowest BCUT2D eigenvalue weighted by atomic mass is 9.90. The summed E-state index contributed by atoms with van der Waals surface area (Å²) >= 11 is 2.04. The third kappa shape index (κ3) is 3.28. The van der Waals surface area contributed by atoms with Crippen LogP contribution >= 0.6 is 11.8 Å². The van der Waals surface area contributed by atoms with Crippen LogP contribution in [-0.4, -0.2) is 52.8 Å². The van der Waals surface area contributed by atoms with E-state index in [1.165, 1.54) is 24.6 Å². The molecule has 1 saturated carbocycles. The van der Waals surface area contributed by atoms with E-state index in [1.807, 2.05) is 11.8 Å². The molecule has 2 aliphatic rings. The highest BCUT2D eigenvalue weighted by atomic mass is 32.2. The van der Waals surface area contributed by atoms with E-state index < -0.39 is 6.09 Å². The monoisotopic (exact) mass is 244 g/mol. The second-order valence-electron chi connectivity index (χ2n) is 4.60. The summed E-state index contributed by atoms with van der Waals surface area (Å²) in [6.45, 7) is 2.43. The predicted octanol–water partition coefficient (Wildman–Crippen LogP) is 1.61. The van der Waals surface area contributed by atoms with Gasteiger partial charge in [0, 0.05) is 36.7 Å². The second kappa shape index (κ2) is 5.77. The van der Waals surface area contributed by atoms with Gasteiger partial charge in [0.1, 0.15) is 0 Å². The Morgan fingerprint density at radius 1 is 1.19 bits per heavy atom. The van der Waals surface area contributed by atoms with Gasteiger partial charge in [-0.05, 0) is 25.7 Å². The zero-order chi connectivity index (χ0) is 11.4. The Hall–Kier alpha value is -0.420. The number of hydrogen-bond acceptors (Lipinski definition) is 3. The molecule has 1 aliphatic carbocycles. The van der Waals surface area contributed by atoms with Crippen molar-refractivity contribution in [1.29, 1.82) is 0 Å². The molecule has 16 heavy (non-hydrogen) atoms. The molecule has 0 unspecified atom stereocenters. The zero-order valence-electron chi connectivity index (χ0n) is 9.52. The maximum Gasteiger partial charge on any atom is 0.404 e. The van der Waals surface area contributed by atoms with Gasteiger partial charge in [0.2, 0.25) is 0 Å². The van der Waals surface area contributed by atoms with Gasteiger partial charge in [-0.25, -0.2) is 4.79 Å². The number of thioether (sulfide) groups is 1. The molecule has 0 aromatic carbocycles. The second-order valence-corrected chi connectivity index (χ2v) is 5.83. The quantitative estimate of drug-likeness (QED) is 0.775. The number of hydrogen-bond donors (Lipinski definition) is 2. The summed E-state index contributed by atoms with van der Waals surface area (Å²) in [5, 5.41) is 11.3. The summed E-state index contributed by atoms with van der Waals surface area (Å²) in [5.41, 5.74) is 0. The van der Waals surface area contributed by atoms with Crippen LogP contribution < -0.4 is 5.32 Å². The van der Waals surface area contributed by atoms with E-state index in [0.717, 1.165) is 25.7 Å². The molecule has 0 bridgehead atoms. The first-order chi connectivity index (χ1) is 7.75. The molecule has 92 valence electrons. The summed E-state index contributed by atoms with van der Waals surface area (Å²) in [5.74, 6) is 2.51. The molecule has 1 saturated heterocycles. The van der Waals surface area contributed by atoms with Crippen LogP contribution in [0.25, 0.3) is 0 Å². The van der Waals surface area contributed by atoms with Gasteiger partial charge in [-0.15, -0.1) is 0 Å². The van der Waals surface area contributed by atoms with Crippen molar-refractivity contribution in [3.8, 4) is 0 Å². The van der Waals surface area contributed by atoms with Crippen molar-refractivity contribution in [2.45, 2.75) is 37.8 Å². The Labute approximate surface area is 101 Å². The largest absolute Gasteiger partial charge is 0.465 e. The molecule has 0 radical (unpaired) electrons. The lowest BCUT2D eigenvalue weighted by molar-refractivity contribution is 0.148. The minimum atomic E-state index is -0.877. The van der Waals surface area contributed by atoms with Gasteiger partial charge in [-0.3, -0.25) is 4.90 Å². The molecular weight excluding hydrogens is 224 g/mol. The Bertz CT molecular complexity index is 236. The highest BCUT2D eigenvalue weighted by Crippen LogP contribution is 2.25. The van der Waals surface area contributed by atoms with Crippen LogP contribution in [0.3, 0.4) is 0 Å². The van der Waals surface area contributed by atoms with Gasteiger partial charge in [0.15, 0.2) is 0 Å². The number of nitrogens with one attached hydrogen (secondary N) is 1. The topological polar surface area (TPSA) is 52.6 Å². The van der Waals surface area contributed by atoms with Crippen molar-refractivity contribution in [1.82, 2.24) is 10.2 Å². The van der Waals surface area contributed by atoms with Gasteiger partial charge in [0.05, 0.1) is 0 Å². The van der Waals surface area contributed by atoms with Gasteiger partial charge in [-0.2, -0.15) is 11.8 Å². The molecule has 0 spiro atoms. The number of carbonyl (C=O) groups is 1. The Morgan fingerprint density at radius 3 is 2.38 bits per heavy atom. The van der Waals surface area contributed by atoms with E-state index in [-0.39, 0.29) is 6.04 Å². The van der Waals surface area contributed by atoms with Crippen LogP contribution in [-0.2, 0) is 0 Å². The van der Waals surface area contributed by atoms with Crippen molar-refractivity contribution >= 4 is 17.9 Å². The van der Waals surface area contributed by atoms with Crippen molar-refractivity contribution < 1.29 is 9.90 Å². The summed E-state index contributed by atoms with van der Waals surface area (Å²) in [6.07, 6.45) is 3.42. The predicted molar refractivity (Wildman–Crippen MR) is 66.1 cm³/mol. The van der Waals surface area contributed by atoms with Crippen LogP contribution in [0, 0.1) is 0 Å². The number of amides is 1. The summed E-state index contributed by atoms with van der Waals surface area (Å²) in [7, 11) is 0. The first-order valence-electron chi connectivity index (χ1n) is 6.07. The highest BCUT2D eigenvalue weighted by Gasteiger charge is 2.27. The molecule has 2 fully saturated rings. The fourth-order valence-corrected chi connectivity index (χ4v) is 3.63. The van der Waals surface area contributed by atoms with Gasteiger partial charge in [-0.1, -0.05) is 0 Å². The van der Waals surface area contributed by atoms with Crippen LogP contribution in [0.5, 0.6) is 0 Å². The average Bonchev–Trinajstić information content (AvgIpc) is 2.30. The van der Waals surface area contributed by atoms with E-state index in [4.69, 9.17) is 5.11 Å². The van der Waals surface area contributed by atoms with Gasteiger partial charge >= 0.3 is 6.09 Å². The molecular formula is C11H20N2O2S. The zero-order valence-corrected chi connectivity index (χ0v) is 10.3. The van der Waals surface area contributed by atoms with E-state index in [1.54, 1.807) is 0 Å². The maximum absolute atomic E-state index is 10.5. The van der Waals surface area contributed by atoms with Crippen LogP contribution in [0.1, 0.15) is 25.7 Å². The van der Waals surface area contributed by atoms with E-state index in [0.29, 0.717) is 6.04 Å². The first-order valence-corrected chi connectivity index (χ1v) is 7.22. The Kier molecular flexibility index (Phi) is 4.35. The van der Waals surface area contributed by atoms with Crippen LogP contribution in [0.2, 0.25) is 0 Å². The molecule has 2 N–H and O–H groups in total.